The third kappa shape index (κ3) is 19.9. The van der Waals surface area contributed by atoms with Crippen molar-refractivity contribution >= 4 is 49.8 Å². The van der Waals surface area contributed by atoms with Gasteiger partial charge in [-0.05, 0) is 148 Å². The van der Waals surface area contributed by atoms with Crippen molar-refractivity contribution in [1.82, 2.24) is 19.8 Å². The number of pyridine rings is 2. The minimum atomic E-state index is -9.14. The summed E-state index contributed by atoms with van der Waals surface area (Å²) >= 11 is 0. The number of rotatable bonds is 49. The van der Waals surface area contributed by atoms with Crippen LogP contribution in [-0.4, -0.2) is 208 Å². The lowest BCUT2D eigenvalue weighted by Crippen LogP contribution is -2.74. The first-order valence-electron chi connectivity index (χ1n) is 42.7. The average Bonchev–Trinajstić information content (AvgIpc) is 0.832. The van der Waals surface area contributed by atoms with Crippen LogP contribution in [0.5, 0.6) is 23.0 Å². The molecule has 58 heteroatoms. The number of amides is 2. The molecule has 0 N–H and O–H groups in total. The van der Waals surface area contributed by atoms with E-state index in [1.807, 2.05) is 25.1 Å². The highest BCUT2D eigenvalue weighted by molar-refractivity contribution is 6.26. The Labute approximate surface area is 800 Å². The van der Waals surface area contributed by atoms with E-state index in [2.05, 4.69) is 14.7 Å². The zero-order chi connectivity index (χ0) is 112. The van der Waals surface area contributed by atoms with Gasteiger partial charge in [0, 0.05) is 67.1 Å². The summed E-state index contributed by atoms with van der Waals surface area (Å²) in [6, 6.07) is 23.5. The summed E-state index contributed by atoms with van der Waals surface area (Å²) in [5.41, 5.74) is -1.24. The molecule has 2 amide bonds. The lowest BCUT2D eigenvalue weighted by Gasteiger charge is -2.42. The minimum Gasteiger partial charge on any atom is -0.493 e. The van der Waals surface area contributed by atoms with Gasteiger partial charge in [-0.15, -0.1) is 0 Å². The van der Waals surface area contributed by atoms with E-state index in [4.69, 9.17) is 14.2 Å². The van der Waals surface area contributed by atoms with Gasteiger partial charge in [0.2, 0.25) is 0 Å². The second-order valence-electron chi connectivity index (χ2n) is 34.5. The molecule has 2 aliphatic heterocycles. The van der Waals surface area contributed by atoms with Gasteiger partial charge >= 0.3 is 137 Å². The van der Waals surface area contributed by atoms with Crippen molar-refractivity contribution in [2.24, 2.45) is 0 Å². The molecule has 0 aliphatic carbocycles. The van der Waals surface area contributed by atoms with E-state index >= 15 is 62.3 Å². The third-order valence-corrected chi connectivity index (χ3v) is 24.2. The van der Waals surface area contributed by atoms with E-state index in [1.54, 1.807) is 55.6 Å². The summed E-state index contributed by atoms with van der Waals surface area (Å²) in [4.78, 5) is 40.9. The number of hydrogen-bond donors (Lipinski definition) is 0. The summed E-state index contributed by atoms with van der Waals surface area (Å²) < 4.78 is 708. The molecule has 0 saturated carbocycles. The van der Waals surface area contributed by atoms with Crippen LogP contribution in [0.3, 0.4) is 0 Å². The molecule has 0 bridgehead atoms. The maximum atomic E-state index is 15.4. The first kappa shape index (κ1) is 119. The zero-order valence-corrected chi connectivity index (χ0v) is 74.9. The van der Waals surface area contributed by atoms with Gasteiger partial charge in [0.05, 0.1) is 68.2 Å². The first-order chi connectivity index (χ1) is 67.1. The van der Waals surface area contributed by atoms with E-state index in [1.165, 1.54) is 12.1 Å². The Balaban J connectivity index is 1.02. The van der Waals surface area contributed by atoms with E-state index < -0.39 is 277 Å². The molecule has 4 heterocycles. The largest absolute Gasteiger partial charge is 0.493 e. The number of aromatic nitrogens is 2. The van der Waals surface area contributed by atoms with Gasteiger partial charge in [0.15, 0.2) is 0 Å². The fourth-order valence-electron chi connectivity index (χ4n) is 15.5. The number of carbonyl (C=O) groups is 2. The van der Waals surface area contributed by atoms with Crippen LogP contribution in [0.4, 0.5) is 211 Å². The second-order valence-corrected chi connectivity index (χ2v) is 34.5. The molecule has 2 aliphatic rings. The van der Waals surface area contributed by atoms with Gasteiger partial charge in [0.25, 0.3) is 11.8 Å². The number of halogens is 48. The third-order valence-electron chi connectivity index (χ3n) is 24.2. The first-order valence-corrected chi connectivity index (χ1v) is 42.7. The average molecular weight is 2220 g/mol. The van der Waals surface area contributed by atoms with Gasteiger partial charge in [-0.1, -0.05) is 88.3 Å². The van der Waals surface area contributed by atoms with Gasteiger partial charge in [-0.2, -0.15) is 211 Å². The van der Waals surface area contributed by atoms with Crippen LogP contribution in [-0.2, 0) is 22.4 Å². The Morgan fingerprint density at radius 3 is 0.872 bits per heavy atom. The Morgan fingerprint density at radius 2 is 0.568 bits per heavy atom. The molecule has 148 heavy (non-hydrogen) atoms. The predicted molar refractivity (Wildman–Crippen MR) is 425 cm³/mol. The van der Waals surface area contributed by atoms with Crippen LogP contribution in [0.1, 0.15) is 114 Å². The monoisotopic (exact) mass is 2210 g/mol. The van der Waals surface area contributed by atoms with Gasteiger partial charge in [-0.3, -0.25) is 19.6 Å². The SMILES string of the molecule is CCCCCCCCCCOc1cc(CCN2C(=O)C3=C(C)N(CCc4cc(OCCC(F)(F)C(F)(F)C(F)(F)C(F)(F)C(F)(F)C(F)(F)C(C)(F)F)cc(OCCC(F)(F)C(F)(F)C(F)(F)C(F)(F)C(F)(F)C(F)(F)C(F)(F)C(F)(F)F)c4)C(=O)C3=C2c2ccc(-c3cc4ccc5cc(-c6ccc(C)nc6)cc6ccc(c3)c4c56)cn2)cc(OCCC(F)(F)C(F)(F)C(F)(F)C(F)(F)C(F)(F)C(F)(F)C(F)(F)C(F)(F)F)c1. The van der Waals surface area contributed by atoms with Gasteiger partial charge < -0.3 is 28.7 Å². The summed E-state index contributed by atoms with van der Waals surface area (Å²) in [6.45, 7) is -6.36. The maximum absolute atomic E-state index is 15.4. The van der Waals surface area contributed by atoms with Crippen LogP contribution in [0.25, 0.3) is 60.3 Å². The van der Waals surface area contributed by atoms with Crippen LogP contribution in [0.15, 0.2) is 138 Å². The number of unbranched alkanes of at least 4 members (excludes halogenated alkanes) is 7. The predicted octanol–water partition coefficient (Wildman–Crippen LogP) is 30.5. The standard InChI is InChI=1S/C90H70F48N4O6/c1-5-6-7-8-9-10-11-12-28-145-56-32-47(35-57(40-56)146-29-24-70(95,96)74(103,104)78(111,112)81(117,118)83(121,122)85(125,126)87(129,130)89(133,134)135)22-27-142-65(60-20-19-53(43-140-60)55-38-50-17-15-48-36-54(52-14-13-44(2)139-42-52)37-49-16-18-51(39-55)63(50)62(48)49)64-61(66(142)143)45(3)141(67(64)144)26-21-46-33-58(147-30-23-69(93,94)73(101,102)77(109,110)80(115,116)76(107,108)72(99,100)68(4,91)92)41-59(34-46)148-31-25-71(97,98)75(105,106)79(113,114)82(119,120)84(123,124)86(127,128)88(131,132)90(136,137)138/h13-20,32-43H,5-12,21-31H2,1-4H3. The molecule has 0 unspecified atom stereocenters. The topological polar surface area (TPSA) is 103 Å². The Hall–Kier alpha value is -11.1. The molecular formula is C90H70F48N4O6. The van der Waals surface area contributed by atoms with E-state index in [0.717, 1.165) is 94.2 Å². The van der Waals surface area contributed by atoms with E-state index in [-0.39, 0.29) is 36.3 Å². The fourth-order valence-corrected chi connectivity index (χ4v) is 15.5. The van der Waals surface area contributed by atoms with Gasteiger partial charge in [0.1, 0.15) is 23.0 Å². The summed E-state index contributed by atoms with van der Waals surface area (Å²) in [6.07, 6.45) is -20.0. The van der Waals surface area contributed by atoms with Crippen molar-refractivity contribution in [1.29, 1.82) is 0 Å². The maximum Gasteiger partial charge on any atom is 0.460 e. The highest BCUT2D eigenvalue weighted by Gasteiger charge is 2.98. The molecule has 6 aromatic carbocycles. The zero-order valence-electron chi connectivity index (χ0n) is 74.9. The van der Waals surface area contributed by atoms with Crippen LogP contribution >= 0.6 is 0 Å². The number of benzene rings is 6. The molecule has 822 valence electrons. The normalized spacial score (nSPS) is 15.6. The smallest absolute Gasteiger partial charge is 0.460 e. The van der Waals surface area contributed by atoms with Crippen molar-refractivity contribution < 1.29 is 239 Å². The molecule has 10 rings (SSSR count). The lowest BCUT2D eigenvalue weighted by atomic mass is 9.88. The highest BCUT2D eigenvalue weighted by Crippen LogP contribution is 2.69. The van der Waals surface area contributed by atoms with Crippen molar-refractivity contribution in [3.8, 4) is 45.3 Å². The fraction of sp³-hybridized carbons (Fsp3) is 0.511. The van der Waals surface area contributed by atoms with Crippen molar-refractivity contribution in [2.45, 2.75) is 248 Å². The summed E-state index contributed by atoms with van der Waals surface area (Å²) in [5, 5.41) is 4.31. The molecule has 2 aromatic heterocycles. The second kappa shape index (κ2) is 39.6. The highest BCUT2D eigenvalue weighted by atomic mass is 19.5. The quantitative estimate of drug-likeness (QED) is 0.0211. The number of alkyl halides is 48. The Morgan fingerprint density at radius 1 is 0.284 bits per heavy atom. The number of nitrogens with zero attached hydrogens (tertiary/aromatic N) is 4. The molecule has 10 nitrogen and oxygen atoms in total. The Bertz CT molecular complexity index is 6140. The number of fused-ring (bicyclic) bond motifs is 1. The molecule has 0 saturated heterocycles. The summed E-state index contributed by atoms with van der Waals surface area (Å²) in [7, 11) is 0. The number of aryl methyl sites for hydroxylation is 1. The van der Waals surface area contributed by atoms with Crippen LogP contribution in [0, 0.1) is 6.92 Å². The summed E-state index contributed by atoms with van der Waals surface area (Å²) in [5.74, 6) is -182. The molecule has 0 atom stereocenters. The number of allylic oxidation sites excluding steroid dienone is 1. The molecular weight excluding hydrogens is 2140 g/mol. The van der Waals surface area contributed by atoms with Crippen molar-refractivity contribution in [3.63, 3.8) is 0 Å². The van der Waals surface area contributed by atoms with Crippen molar-refractivity contribution in [3.05, 3.63) is 161 Å². The minimum absolute atomic E-state index is 0.0732. The molecule has 0 fully saturated rings. The molecule has 0 spiro atoms. The lowest BCUT2D eigenvalue weighted by molar-refractivity contribution is -0.461. The number of carbonyl (C=O) groups excluding carboxylic acids is 2. The van der Waals surface area contributed by atoms with Crippen LogP contribution in [0.2, 0.25) is 0 Å². The van der Waals surface area contributed by atoms with E-state index in [9.17, 15) is 158 Å². The Kier molecular flexibility index (Phi) is 31.8. The van der Waals surface area contributed by atoms with Crippen LogP contribution < -0.4 is 18.9 Å². The van der Waals surface area contributed by atoms with Crippen molar-refractivity contribution in [2.75, 3.05) is 39.5 Å². The molecule has 0 radical (unpaired) electrons. The number of ether oxygens (including phenoxy) is 4. The molecule has 8 aromatic rings. The van der Waals surface area contributed by atoms with Gasteiger partial charge in [-0.25, -0.2) is 0 Å². The van der Waals surface area contributed by atoms with E-state index in [0.29, 0.717) is 52.6 Å². The number of hydrogen-bond acceptors (Lipinski definition) is 8.